The van der Waals surface area contributed by atoms with Gasteiger partial charge >= 0.3 is 0 Å². The van der Waals surface area contributed by atoms with E-state index in [0.717, 1.165) is 42.8 Å². The number of amides is 1. The first-order valence-electron chi connectivity index (χ1n) is 8.33. The summed E-state index contributed by atoms with van der Waals surface area (Å²) in [5.41, 5.74) is 2.07. The van der Waals surface area contributed by atoms with Crippen molar-refractivity contribution in [3.8, 4) is 0 Å². The van der Waals surface area contributed by atoms with Crippen LogP contribution in [0.4, 0.5) is 0 Å². The molecule has 0 aliphatic carbocycles. The van der Waals surface area contributed by atoms with Crippen LogP contribution in [0, 0.1) is 0 Å². The first-order chi connectivity index (χ1) is 11.8. The van der Waals surface area contributed by atoms with E-state index in [1.54, 1.807) is 16.8 Å². The monoisotopic (exact) mass is 325 g/mol. The number of carbonyl (C=O) groups is 1. The Morgan fingerprint density at radius 1 is 1.38 bits per heavy atom. The third kappa shape index (κ3) is 2.55. The van der Waals surface area contributed by atoms with Gasteiger partial charge in [0.25, 0.3) is 5.91 Å². The van der Waals surface area contributed by atoms with Crippen LogP contribution in [0.2, 0.25) is 0 Å². The largest absolute Gasteiger partial charge is 0.361 e. The highest BCUT2D eigenvalue weighted by Gasteiger charge is 2.31. The molecule has 0 N–H and O–H groups in total. The summed E-state index contributed by atoms with van der Waals surface area (Å²) in [6.07, 6.45) is 7.32. The number of nitrogens with zero attached hydrogens (tertiary/aromatic N) is 5. The van der Waals surface area contributed by atoms with Crippen LogP contribution >= 0.6 is 0 Å². The van der Waals surface area contributed by atoms with E-state index in [2.05, 4.69) is 15.2 Å². The Hall–Kier alpha value is -2.70. The van der Waals surface area contributed by atoms with Crippen molar-refractivity contribution in [3.05, 3.63) is 47.7 Å². The van der Waals surface area contributed by atoms with Crippen LogP contribution in [0.3, 0.4) is 0 Å². The van der Waals surface area contributed by atoms with Gasteiger partial charge in [0.05, 0.1) is 17.9 Å². The van der Waals surface area contributed by atoms with Gasteiger partial charge in [-0.15, -0.1) is 0 Å². The molecular weight excluding hydrogens is 306 g/mol. The standard InChI is InChI=1S/C17H19N5O2/c1-2-12-11-14(20-24-12)17(23)21-9-4-3-5-15(21)13-7-10-22-16(19-13)6-8-18-22/h6-8,10-11,15H,2-5,9H2,1H3. The normalized spacial score (nSPS) is 18.2. The molecule has 0 saturated carbocycles. The van der Waals surface area contributed by atoms with E-state index < -0.39 is 0 Å². The number of hydrogen-bond acceptors (Lipinski definition) is 5. The number of aryl methyl sites for hydroxylation is 1. The lowest BCUT2D eigenvalue weighted by Gasteiger charge is -2.34. The van der Waals surface area contributed by atoms with Crippen molar-refractivity contribution in [2.45, 2.75) is 38.6 Å². The number of fused-ring (bicyclic) bond motifs is 1. The van der Waals surface area contributed by atoms with Crippen molar-refractivity contribution in [1.82, 2.24) is 24.7 Å². The number of likely N-dealkylation sites (tertiary alicyclic amines) is 1. The molecule has 0 bridgehead atoms. The molecule has 1 fully saturated rings. The second kappa shape index (κ2) is 6.07. The van der Waals surface area contributed by atoms with Crippen LogP contribution in [-0.4, -0.2) is 37.1 Å². The predicted octanol–water partition coefficient (Wildman–Crippen LogP) is 2.65. The highest BCUT2D eigenvalue weighted by molar-refractivity contribution is 5.92. The topological polar surface area (TPSA) is 76.5 Å². The molecule has 0 aromatic carbocycles. The van der Waals surface area contributed by atoms with Gasteiger partial charge in [0, 0.05) is 31.3 Å². The lowest BCUT2D eigenvalue weighted by atomic mass is 9.98. The minimum Gasteiger partial charge on any atom is -0.361 e. The Morgan fingerprint density at radius 3 is 3.12 bits per heavy atom. The molecule has 1 amide bonds. The number of carbonyl (C=O) groups excluding carboxylic acids is 1. The Bertz CT molecular complexity index is 869. The van der Waals surface area contributed by atoms with E-state index in [4.69, 9.17) is 4.52 Å². The van der Waals surface area contributed by atoms with Crippen LogP contribution < -0.4 is 0 Å². The molecule has 0 spiro atoms. The Morgan fingerprint density at radius 2 is 2.29 bits per heavy atom. The quantitative estimate of drug-likeness (QED) is 0.740. The van der Waals surface area contributed by atoms with Crippen LogP contribution in [0.15, 0.2) is 35.1 Å². The van der Waals surface area contributed by atoms with Gasteiger partial charge < -0.3 is 9.42 Å². The lowest BCUT2D eigenvalue weighted by Crippen LogP contribution is -2.39. The van der Waals surface area contributed by atoms with E-state index in [1.165, 1.54) is 0 Å². The fraction of sp³-hybridized carbons (Fsp3) is 0.412. The van der Waals surface area contributed by atoms with Crippen molar-refractivity contribution in [3.63, 3.8) is 0 Å². The minimum absolute atomic E-state index is 0.0343. The van der Waals surface area contributed by atoms with Gasteiger partial charge in [0.1, 0.15) is 5.76 Å². The summed E-state index contributed by atoms with van der Waals surface area (Å²) in [5, 5.41) is 8.10. The highest BCUT2D eigenvalue weighted by atomic mass is 16.5. The Kier molecular flexibility index (Phi) is 3.76. The average Bonchev–Trinajstić information content (AvgIpc) is 3.29. The number of hydrogen-bond donors (Lipinski definition) is 0. The Balaban J connectivity index is 1.65. The zero-order valence-corrected chi connectivity index (χ0v) is 13.6. The maximum atomic E-state index is 12.9. The summed E-state index contributed by atoms with van der Waals surface area (Å²) in [6.45, 7) is 2.69. The molecule has 24 heavy (non-hydrogen) atoms. The van der Waals surface area contributed by atoms with E-state index in [-0.39, 0.29) is 11.9 Å². The molecule has 1 aliphatic rings. The SMILES string of the molecule is CCc1cc(C(=O)N2CCCCC2c2ccn3nccc3n2)no1. The van der Waals surface area contributed by atoms with Crippen LogP contribution in [0.1, 0.15) is 54.2 Å². The van der Waals surface area contributed by atoms with Gasteiger partial charge in [-0.05, 0) is 25.3 Å². The molecule has 1 atom stereocenters. The Labute approximate surface area is 139 Å². The second-order valence-corrected chi connectivity index (χ2v) is 6.03. The molecule has 1 saturated heterocycles. The van der Waals surface area contributed by atoms with Crippen LogP contribution in [-0.2, 0) is 6.42 Å². The zero-order chi connectivity index (χ0) is 16.5. The average molecular weight is 325 g/mol. The highest BCUT2D eigenvalue weighted by Crippen LogP contribution is 2.31. The first-order valence-corrected chi connectivity index (χ1v) is 8.33. The minimum atomic E-state index is -0.0849. The zero-order valence-electron chi connectivity index (χ0n) is 13.6. The third-order valence-corrected chi connectivity index (χ3v) is 4.51. The number of rotatable bonds is 3. The molecule has 4 heterocycles. The third-order valence-electron chi connectivity index (χ3n) is 4.51. The van der Waals surface area contributed by atoms with Crippen molar-refractivity contribution >= 4 is 11.6 Å². The predicted molar refractivity (Wildman–Crippen MR) is 86.5 cm³/mol. The van der Waals surface area contributed by atoms with Gasteiger partial charge in [-0.3, -0.25) is 4.79 Å². The van der Waals surface area contributed by atoms with Crippen molar-refractivity contribution < 1.29 is 9.32 Å². The molecule has 124 valence electrons. The molecular formula is C17H19N5O2. The van der Waals surface area contributed by atoms with Crippen molar-refractivity contribution in [2.75, 3.05) is 6.54 Å². The summed E-state index contributed by atoms with van der Waals surface area (Å²) in [4.78, 5) is 19.4. The second-order valence-electron chi connectivity index (χ2n) is 6.03. The molecule has 1 aliphatic heterocycles. The maximum absolute atomic E-state index is 12.9. The van der Waals surface area contributed by atoms with E-state index in [0.29, 0.717) is 12.2 Å². The van der Waals surface area contributed by atoms with E-state index in [9.17, 15) is 4.79 Å². The first kappa shape index (κ1) is 14.9. The molecule has 1 unspecified atom stereocenters. The van der Waals surface area contributed by atoms with Crippen molar-refractivity contribution in [2.24, 2.45) is 0 Å². The molecule has 7 heteroatoms. The van der Waals surface area contributed by atoms with E-state index in [1.807, 2.05) is 30.2 Å². The lowest BCUT2D eigenvalue weighted by molar-refractivity contribution is 0.0595. The number of piperidine rings is 1. The summed E-state index contributed by atoms with van der Waals surface area (Å²) >= 11 is 0. The van der Waals surface area contributed by atoms with Gasteiger partial charge in [-0.25, -0.2) is 9.50 Å². The fourth-order valence-electron chi connectivity index (χ4n) is 3.22. The van der Waals surface area contributed by atoms with Gasteiger partial charge in [-0.1, -0.05) is 12.1 Å². The summed E-state index contributed by atoms with van der Waals surface area (Å²) < 4.78 is 6.92. The molecule has 3 aromatic heterocycles. The smallest absolute Gasteiger partial charge is 0.276 e. The van der Waals surface area contributed by atoms with Crippen LogP contribution in [0.5, 0.6) is 0 Å². The summed E-state index contributed by atoms with van der Waals surface area (Å²) in [5.74, 6) is 0.643. The fourth-order valence-corrected chi connectivity index (χ4v) is 3.22. The summed E-state index contributed by atoms with van der Waals surface area (Å²) in [6, 6.07) is 5.51. The molecule has 3 aromatic rings. The molecule has 0 radical (unpaired) electrons. The van der Waals surface area contributed by atoms with Crippen molar-refractivity contribution in [1.29, 1.82) is 0 Å². The van der Waals surface area contributed by atoms with Crippen LogP contribution in [0.25, 0.3) is 5.65 Å². The molecule has 4 rings (SSSR count). The van der Waals surface area contributed by atoms with E-state index >= 15 is 0 Å². The van der Waals surface area contributed by atoms with Gasteiger partial charge in [0.2, 0.25) is 0 Å². The molecule has 7 nitrogen and oxygen atoms in total. The van der Waals surface area contributed by atoms with Gasteiger partial charge in [0.15, 0.2) is 11.3 Å². The van der Waals surface area contributed by atoms with Gasteiger partial charge in [-0.2, -0.15) is 5.10 Å². The summed E-state index contributed by atoms with van der Waals surface area (Å²) in [7, 11) is 0. The number of aromatic nitrogens is 4. The maximum Gasteiger partial charge on any atom is 0.276 e.